The minimum Gasteiger partial charge on any atom is -0.389 e. The lowest BCUT2D eigenvalue weighted by atomic mass is 11.9. The molecule has 0 saturated carbocycles. The molecule has 0 fully saturated rings. The lowest BCUT2D eigenvalue weighted by molar-refractivity contribution is 0.595. The van der Waals surface area contributed by atoms with E-state index in [1.54, 1.807) is 0 Å². The predicted octanol–water partition coefficient (Wildman–Crippen LogP) is 1.79. The predicted molar refractivity (Wildman–Crippen MR) is 35.9 cm³/mol. The van der Waals surface area contributed by atoms with Crippen LogP contribution in [0.5, 0.6) is 0 Å². The Labute approximate surface area is 48.1 Å². The minimum absolute atomic E-state index is 0.152. The SMILES string of the molecule is C[Si](C)(OP)P=O. The summed E-state index contributed by atoms with van der Waals surface area (Å²) in [5.41, 5.74) is 0. The molecule has 0 aliphatic rings. The van der Waals surface area contributed by atoms with Crippen LogP contribution in [0.3, 0.4) is 0 Å². The first-order valence-electron chi connectivity index (χ1n) is 1.85. The summed E-state index contributed by atoms with van der Waals surface area (Å²) in [5, 5.41) is 0. The molecular formula is C2H8O2P2Si. The van der Waals surface area contributed by atoms with Gasteiger partial charge in [0.05, 0.1) is 0 Å². The van der Waals surface area contributed by atoms with Crippen LogP contribution >= 0.6 is 17.5 Å². The maximum atomic E-state index is 10.1. The normalized spacial score (nSPS) is 12.4. The second-order valence-electron chi connectivity index (χ2n) is 1.66. The Morgan fingerprint density at radius 1 is 1.71 bits per heavy atom. The number of hydrogen-bond acceptors (Lipinski definition) is 2. The molecule has 5 heteroatoms. The molecule has 0 aliphatic heterocycles. The summed E-state index contributed by atoms with van der Waals surface area (Å²) in [6.45, 7) is 3.74. The summed E-state index contributed by atoms with van der Waals surface area (Å²) in [6, 6.07) is 0. The molecule has 0 rings (SSSR count). The van der Waals surface area contributed by atoms with Crippen molar-refractivity contribution in [1.29, 1.82) is 0 Å². The van der Waals surface area contributed by atoms with Gasteiger partial charge in [0, 0.05) is 0 Å². The third kappa shape index (κ3) is 3.30. The Morgan fingerprint density at radius 2 is 2.14 bits per heavy atom. The lowest BCUT2D eigenvalue weighted by Gasteiger charge is -2.06. The van der Waals surface area contributed by atoms with Gasteiger partial charge >= 0.3 is 0 Å². The maximum Gasteiger partial charge on any atom is 0.293 e. The molecule has 0 bridgehead atoms. The van der Waals surface area contributed by atoms with E-state index in [9.17, 15) is 4.57 Å². The van der Waals surface area contributed by atoms with Crippen LogP contribution in [0.1, 0.15) is 0 Å². The topological polar surface area (TPSA) is 26.3 Å². The fourth-order valence-electron chi connectivity index (χ4n) is 0.0215. The molecule has 1 unspecified atom stereocenters. The molecular weight excluding hydrogens is 146 g/mol. The highest BCUT2D eigenvalue weighted by molar-refractivity contribution is 7.72. The third-order valence-corrected chi connectivity index (χ3v) is 5.52. The van der Waals surface area contributed by atoms with E-state index in [1.165, 1.54) is 0 Å². The van der Waals surface area contributed by atoms with Crippen LogP contribution in [0.4, 0.5) is 0 Å². The van der Waals surface area contributed by atoms with Gasteiger partial charge in [0.2, 0.25) is 0 Å². The summed E-state index contributed by atoms with van der Waals surface area (Å²) in [7, 11) is 0.504. The molecule has 0 aromatic heterocycles. The largest absolute Gasteiger partial charge is 0.389 e. The Hall–Kier alpha value is 0.707. The quantitative estimate of drug-likeness (QED) is 0.447. The van der Waals surface area contributed by atoms with Crippen molar-refractivity contribution in [2.24, 2.45) is 0 Å². The molecule has 0 aliphatic carbocycles. The van der Waals surface area contributed by atoms with Gasteiger partial charge < -0.3 is 4.21 Å². The molecule has 1 atom stereocenters. The highest BCUT2D eigenvalue weighted by atomic mass is 31.3. The van der Waals surface area contributed by atoms with Crippen molar-refractivity contribution in [2.45, 2.75) is 13.1 Å². The van der Waals surface area contributed by atoms with Crippen molar-refractivity contribution >= 4 is 25.5 Å². The molecule has 0 spiro atoms. The van der Waals surface area contributed by atoms with Crippen LogP contribution in [0, 0.1) is 0 Å². The third-order valence-electron chi connectivity index (χ3n) is 0.508. The fourth-order valence-corrected chi connectivity index (χ4v) is 0.581. The van der Waals surface area contributed by atoms with Crippen molar-refractivity contribution in [3.8, 4) is 0 Å². The average molecular weight is 154 g/mol. The summed E-state index contributed by atoms with van der Waals surface area (Å²) in [5.74, 6) is 0. The van der Waals surface area contributed by atoms with Gasteiger partial charge in [-0.1, -0.05) is 0 Å². The van der Waals surface area contributed by atoms with Crippen molar-refractivity contribution in [1.82, 2.24) is 0 Å². The number of rotatable bonds is 2. The van der Waals surface area contributed by atoms with Crippen LogP contribution in [0.2, 0.25) is 13.1 Å². The first-order chi connectivity index (χ1) is 3.12. The molecule has 0 heterocycles. The summed E-state index contributed by atoms with van der Waals surface area (Å²) < 4.78 is 14.9. The molecule has 0 saturated heterocycles. The number of hydrogen-bond donors (Lipinski definition) is 0. The molecule has 0 radical (unpaired) electrons. The molecule has 0 aromatic carbocycles. The molecule has 42 valence electrons. The average Bonchev–Trinajstić information content (AvgIpc) is 1.68. The maximum absolute atomic E-state index is 10.1. The highest BCUT2D eigenvalue weighted by Crippen LogP contribution is 2.19. The van der Waals surface area contributed by atoms with Crippen LogP contribution in [0.15, 0.2) is 0 Å². The second kappa shape index (κ2) is 2.88. The standard InChI is InChI=1S/C2H8O2P2Si/c1-7(2,4-5)6-3/h5H2,1-2H3. The van der Waals surface area contributed by atoms with E-state index in [-0.39, 0.29) is 8.01 Å². The van der Waals surface area contributed by atoms with E-state index in [0.29, 0.717) is 0 Å². The van der Waals surface area contributed by atoms with Gasteiger partial charge in [0.15, 0.2) is 8.01 Å². The Kier molecular flexibility index (Phi) is 3.17. The first kappa shape index (κ1) is 7.71. The zero-order chi connectivity index (χ0) is 5.91. The van der Waals surface area contributed by atoms with Gasteiger partial charge in [-0.2, -0.15) is 0 Å². The van der Waals surface area contributed by atoms with E-state index in [1.807, 2.05) is 13.1 Å². The molecule has 0 N–H and O–H groups in total. The highest BCUT2D eigenvalue weighted by Gasteiger charge is 2.20. The van der Waals surface area contributed by atoms with E-state index in [0.717, 1.165) is 0 Å². The van der Waals surface area contributed by atoms with Crippen LogP contribution < -0.4 is 0 Å². The van der Waals surface area contributed by atoms with Gasteiger partial charge in [0.1, 0.15) is 0 Å². The van der Waals surface area contributed by atoms with E-state index >= 15 is 0 Å². The van der Waals surface area contributed by atoms with Gasteiger partial charge in [-0.25, -0.2) is 0 Å². The zero-order valence-corrected chi connectivity index (χ0v) is 7.39. The van der Waals surface area contributed by atoms with Gasteiger partial charge in [-0.15, -0.1) is 0 Å². The molecule has 0 amide bonds. The summed E-state index contributed by atoms with van der Waals surface area (Å²) >= 11 is 0. The Balaban J connectivity index is 3.58. The van der Waals surface area contributed by atoms with Gasteiger partial charge in [0.25, 0.3) is 7.98 Å². The van der Waals surface area contributed by atoms with E-state index in [4.69, 9.17) is 4.21 Å². The van der Waals surface area contributed by atoms with Gasteiger partial charge in [-0.3, -0.25) is 4.57 Å². The van der Waals surface area contributed by atoms with Crippen molar-refractivity contribution in [3.63, 3.8) is 0 Å². The molecule has 7 heavy (non-hydrogen) atoms. The van der Waals surface area contributed by atoms with Gasteiger partial charge in [-0.05, 0) is 22.6 Å². The van der Waals surface area contributed by atoms with Crippen LogP contribution in [-0.2, 0) is 8.78 Å². The van der Waals surface area contributed by atoms with Crippen LogP contribution in [-0.4, -0.2) is 7.98 Å². The monoisotopic (exact) mass is 154 g/mol. The molecule has 0 aromatic rings. The van der Waals surface area contributed by atoms with Crippen molar-refractivity contribution in [3.05, 3.63) is 0 Å². The minimum atomic E-state index is -1.77. The van der Waals surface area contributed by atoms with Crippen molar-refractivity contribution < 1.29 is 8.78 Å². The summed E-state index contributed by atoms with van der Waals surface area (Å²) in [6.07, 6.45) is 0. The first-order valence-corrected chi connectivity index (χ1v) is 6.88. The molecule has 2 nitrogen and oxygen atoms in total. The second-order valence-corrected chi connectivity index (χ2v) is 9.45. The van der Waals surface area contributed by atoms with E-state index in [2.05, 4.69) is 9.47 Å². The zero-order valence-electron chi connectivity index (χ0n) is 4.34. The summed E-state index contributed by atoms with van der Waals surface area (Å²) in [4.78, 5) is 0. The smallest absolute Gasteiger partial charge is 0.293 e. The van der Waals surface area contributed by atoms with E-state index < -0.39 is 7.98 Å². The van der Waals surface area contributed by atoms with Crippen molar-refractivity contribution in [2.75, 3.05) is 0 Å². The fraction of sp³-hybridized carbons (Fsp3) is 1.00. The Bertz CT molecular complexity index is 74.1. The lowest BCUT2D eigenvalue weighted by Crippen LogP contribution is -2.15. The van der Waals surface area contributed by atoms with Crippen LogP contribution in [0.25, 0.3) is 0 Å². The Morgan fingerprint density at radius 3 is 2.14 bits per heavy atom.